The number of rotatable bonds is 5. The molecule has 23 heavy (non-hydrogen) atoms. The molecule has 4 rings (SSSR count). The molecule has 0 bridgehead atoms. The Morgan fingerprint density at radius 1 is 1.09 bits per heavy atom. The second kappa shape index (κ2) is 5.25. The second-order valence-corrected chi connectivity index (χ2v) is 6.27. The molecule has 7 heteroatoms. The lowest BCUT2D eigenvalue weighted by Crippen LogP contribution is -2.19. The van der Waals surface area contributed by atoms with Gasteiger partial charge in [-0.25, -0.2) is 0 Å². The number of ether oxygens (including phenoxy) is 1. The largest absolute Gasteiger partial charge is 0.484 e. The fourth-order valence-corrected chi connectivity index (χ4v) is 2.64. The number of H-pyrrole nitrogens is 1. The minimum absolute atomic E-state index is 0.265. The number of aromatic nitrogens is 3. The first-order chi connectivity index (χ1) is 11.0. The molecule has 0 aromatic carbocycles. The summed E-state index contributed by atoms with van der Waals surface area (Å²) in [7, 11) is 0. The molecule has 122 valence electrons. The zero-order valence-electron chi connectivity index (χ0n) is 12.4. The molecule has 1 N–H and O–H groups in total. The van der Waals surface area contributed by atoms with Crippen LogP contribution in [-0.2, 0) is 0 Å². The topological polar surface area (TPSA) is 50.8 Å². The van der Waals surface area contributed by atoms with Crippen LogP contribution >= 0.6 is 0 Å². The first-order valence-electron chi connectivity index (χ1n) is 7.75. The van der Waals surface area contributed by atoms with Crippen LogP contribution < -0.4 is 4.74 Å². The Hall–Kier alpha value is -2.05. The molecule has 0 spiro atoms. The summed E-state index contributed by atoms with van der Waals surface area (Å²) in [5, 5.41) is 7.20. The summed E-state index contributed by atoms with van der Waals surface area (Å²) in [6.45, 7) is -1.29. The molecule has 2 aromatic rings. The summed E-state index contributed by atoms with van der Waals surface area (Å²) in [6, 6.07) is 3.50. The van der Waals surface area contributed by atoms with Gasteiger partial charge in [0.25, 0.3) is 0 Å². The van der Waals surface area contributed by atoms with Crippen LogP contribution in [0.25, 0.3) is 11.4 Å². The molecule has 2 aliphatic rings. The summed E-state index contributed by atoms with van der Waals surface area (Å²) < 4.78 is 42.4. The maximum absolute atomic E-state index is 12.5. The molecule has 0 atom stereocenters. The summed E-state index contributed by atoms with van der Waals surface area (Å²) in [4.78, 5) is 4.36. The highest BCUT2D eigenvalue weighted by atomic mass is 19.4. The molecule has 4 nitrogen and oxygen atoms in total. The highest BCUT2D eigenvalue weighted by Crippen LogP contribution is 2.45. The van der Waals surface area contributed by atoms with Crippen molar-refractivity contribution in [3.05, 3.63) is 29.6 Å². The number of alkyl halides is 3. The van der Waals surface area contributed by atoms with Gasteiger partial charge in [0.05, 0.1) is 5.69 Å². The number of hydrogen-bond donors (Lipinski definition) is 1. The number of nitrogens with zero attached hydrogens (tertiary/aromatic N) is 2. The van der Waals surface area contributed by atoms with Gasteiger partial charge in [-0.1, -0.05) is 0 Å². The van der Waals surface area contributed by atoms with Crippen LogP contribution in [0.1, 0.15) is 48.8 Å². The van der Waals surface area contributed by atoms with E-state index in [1.807, 2.05) is 6.07 Å². The van der Waals surface area contributed by atoms with Crippen molar-refractivity contribution in [3.63, 3.8) is 0 Å². The van der Waals surface area contributed by atoms with Gasteiger partial charge in [0.15, 0.2) is 6.61 Å². The number of hydrogen-bond acceptors (Lipinski definition) is 3. The van der Waals surface area contributed by atoms with Gasteiger partial charge in [-0.15, -0.1) is 0 Å². The van der Waals surface area contributed by atoms with E-state index in [9.17, 15) is 13.2 Å². The first-order valence-corrected chi connectivity index (χ1v) is 7.75. The minimum atomic E-state index is -4.35. The minimum Gasteiger partial charge on any atom is -0.484 e. The number of aromatic amines is 1. The van der Waals surface area contributed by atoms with Crippen molar-refractivity contribution in [3.8, 4) is 17.1 Å². The molecule has 2 heterocycles. The first kappa shape index (κ1) is 14.5. The molecule has 0 saturated heterocycles. The smallest absolute Gasteiger partial charge is 0.422 e. The monoisotopic (exact) mass is 323 g/mol. The molecule has 2 fully saturated rings. The lowest BCUT2D eigenvalue weighted by Gasteiger charge is -2.13. The predicted octanol–water partition coefficient (Wildman–Crippen LogP) is 4.17. The van der Waals surface area contributed by atoms with Gasteiger partial charge in [0, 0.05) is 29.4 Å². The van der Waals surface area contributed by atoms with Gasteiger partial charge in [-0.3, -0.25) is 10.1 Å². The fourth-order valence-electron chi connectivity index (χ4n) is 2.64. The maximum atomic E-state index is 12.5. The van der Waals surface area contributed by atoms with Crippen molar-refractivity contribution in [2.24, 2.45) is 0 Å². The summed E-state index contributed by atoms with van der Waals surface area (Å²) in [5.74, 6) is 1.06. The van der Waals surface area contributed by atoms with E-state index in [1.54, 1.807) is 12.3 Å². The van der Waals surface area contributed by atoms with Crippen LogP contribution in [0.4, 0.5) is 13.2 Å². The fraction of sp³-hybridized carbons (Fsp3) is 0.500. The van der Waals surface area contributed by atoms with Gasteiger partial charge >= 0.3 is 6.18 Å². The standard InChI is InChI=1S/C16H16F3N3O/c17-16(18,19)8-23-15-6-13(20-7-11(15)9-1-2-9)14-5-12(21-22-14)10-3-4-10/h5-7,9-10H,1-4,8H2,(H,21,22). The Morgan fingerprint density at radius 3 is 2.48 bits per heavy atom. The average molecular weight is 323 g/mol. The number of pyridine rings is 1. The van der Waals surface area contributed by atoms with E-state index in [2.05, 4.69) is 15.2 Å². The van der Waals surface area contributed by atoms with Crippen LogP contribution in [0.5, 0.6) is 5.75 Å². The van der Waals surface area contributed by atoms with E-state index in [0.29, 0.717) is 17.3 Å². The van der Waals surface area contributed by atoms with E-state index in [-0.39, 0.29) is 11.7 Å². The van der Waals surface area contributed by atoms with Crippen LogP contribution in [0.2, 0.25) is 0 Å². The van der Waals surface area contributed by atoms with Crippen molar-refractivity contribution in [1.82, 2.24) is 15.2 Å². The Labute approximate surface area is 131 Å². The number of nitrogens with one attached hydrogen (secondary N) is 1. The van der Waals surface area contributed by atoms with Crippen molar-refractivity contribution in [2.75, 3.05) is 6.61 Å². The number of halogens is 3. The van der Waals surface area contributed by atoms with Crippen LogP contribution in [0.15, 0.2) is 18.3 Å². The zero-order valence-corrected chi connectivity index (χ0v) is 12.4. The quantitative estimate of drug-likeness (QED) is 0.898. The van der Waals surface area contributed by atoms with Crippen molar-refractivity contribution in [2.45, 2.75) is 43.7 Å². The third kappa shape index (κ3) is 3.33. The summed E-state index contributed by atoms with van der Waals surface area (Å²) in [5.41, 5.74) is 3.00. The van der Waals surface area contributed by atoms with Gasteiger partial charge in [-0.05, 0) is 37.7 Å². The normalized spacial score (nSPS) is 18.2. The predicted molar refractivity (Wildman–Crippen MR) is 77.3 cm³/mol. The van der Waals surface area contributed by atoms with Crippen LogP contribution in [0, 0.1) is 0 Å². The van der Waals surface area contributed by atoms with Gasteiger partial charge in [0.2, 0.25) is 0 Å². The Morgan fingerprint density at radius 2 is 1.83 bits per heavy atom. The van der Waals surface area contributed by atoms with Gasteiger partial charge in [-0.2, -0.15) is 18.3 Å². The molecule has 2 saturated carbocycles. The zero-order chi connectivity index (χ0) is 16.0. The molecule has 2 aliphatic carbocycles. The third-order valence-electron chi connectivity index (χ3n) is 4.18. The summed E-state index contributed by atoms with van der Waals surface area (Å²) >= 11 is 0. The molecule has 2 aromatic heterocycles. The Bertz CT molecular complexity index is 718. The summed E-state index contributed by atoms with van der Waals surface area (Å²) in [6.07, 6.45) is 1.51. The lowest BCUT2D eigenvalue weighted by molar-refractivity contribution is -0.153. The molecule has 0 amide bonds. The van der Waals surface area contributed by atoms with Crippen molar-refractivity contribution >= 4 is 0 Å². The Balaban J connectivity index is 1.61. The van der Waals surface area contributed by atoms with E-state index < -0.39 is 12.8 Å². The van der Waals surface area contributed by atoms with Gasteiger partial charge < -0.3 is 4.74 Å². The lowest BCUT2D eigenvalue weighted by atomic mass is 10.1. The molecule has 0 radical (unpaired) electrons. The Kier molecular flexibility index (Phi) is 3.32. The average Bonchev–Trinajstić information content (AvgIpc) is 3.43. The third-order valence-corrected chi connectivity index (χ3v) is 4.18. The van der Waals surface area contributed by atoms with E-state index in [4.69, 9.17) is 4.74 Å². The highest BCUT2D eigenvalue weighted by molar-refractivity contribution is 5.58. The highest BCUT2D eigenvalue weighted by Gasteiger charge is 2.32. The van der Waals surface area contributed by atoms with Crippen LogP contribution in [-0.4, -0.2) is 28.0 Å². The van der Waals surface area contributed by atoms with Gasteiger partial charge in [0.1, 0.15) is 11.4 Å². The molecular weight excluding hydrogens is 307 g/mol. The second-order valence-electron chi connectivity index (χ2n) is 6.27. The molecule has 0 aliphatic heterocycles. The molecular formula is C16H16F3N3O. The van der Waals surface area contributed by atoms with E-state index in [1.165, 1.54) is 0 Å². The van der Waals surface area contributed by atoms with Crippen molar-refractivity contribution < 1.29 is 17.9 Å². The van der Waals surface area contributed by atoms with E-state index in [0.717, 1.165) is 36.9 Å². The maximum Gasteiger partial charge on any atom is 0.422 e. The van der Waals surface area contributed by atoms with E-state index >= 15 is 0 Å². The van der Waals surface area contributed by atoms with Crippen molar-refractivity contribution in [1.29, 1.82) is 0 Å². The SMILES string of the molecule is FC(F)(F)COc1cc(-c2cc(C3CC3)[nH]n2)ncc1C1CC1. The molecule has 0 unspecified atom stereocenters. The van der Waals surface area contributed by atoms with Crippen LogP contribution in [0.3, 0.4) is 0 Å².